The van der Waals surface area contributed by atoms with E-state index in [9.17, 15) is 4.79 Å². The van der Waals surface area contributed by atoms with Crippen LogP contribution in [0, 0.1) is 5.92 Å². The molecule has 5 heteroatoms. The number of carbonyl (C=O) groups excluding carboxylic acids is 1. The van der Waals surface area contributed by atoms with E-state index in [1.807, 2.05) is 4.90 Å². The van der Waals surface area contributed by atoms with Gasteiger partial charge in [0.2, 0.25) is 0 Å². The molecule has 1 amide bonds. The Hall–Kier alpha value is -1.36. The third kappa shape index (κ3) is 2.72. The van der Waals surface area contributed by atoms with Gasteiger partial charge in [-0.1, -0.05) is 5.16 Å². The van der Waals surface area contributed by atoms with Crippen LogP contribution in [0.3, 0.4) is 0 Å². The van der Waals surface area contributed by atoms with E-state index in [-0.39, 0.29) is 5.91 Å². The van der Waals surface area contributed by atoms with Crippen molar-refractivity contribution in [1.82, 2.24) is 15.4 Å². The van der Waals surface area contributed by atoms with Gasteiger partial charge in [0.25, 0.3) is 5.91 Å². The van der Waals surface area contributed by atoms with Crippen molar-refractivity contribution in [2.75, 3.05) is 19.6 Å². The Balaban J connectivity index is 1.65. The van der Waals surface area contributed by atoms with Crippen molar-refractivity contribution in [2.24, 2.45) is 5.92 Å². The van der Waals surface area contributed by atoms with Gasteiger partial charge in [-0.15, -0.1) is 0 Å². The van der Waals surface area contributed by atoms with Crippen molar-refractivity contribution in [2.45, 2.75) is 31.7 Å². The number of rotatable bonds is 5. The molecule has 2 fully saturated rings. The van der Waals surface area contributed by atoms with Gasteiger partial charge in [-0.25, -0.2) is 0 Å². The lowest BCUT2D eigenvalue weighted by molar-refractivity contribution is 0.0723. The summed E-state index contributed by atoms with van der Waals surface area (Å²) in [6, 6.07) is 2.09. The fourth-order valence-corrected chi connectivity index (χ4v) is 2.52. The maximum Gasteiger partial charge on any atom is 0.276 e. The monoisotopic (exact) mass is 249 g/mol. The summed E-state index contributed by atoms with van der Waals surface area (Å²) in [5.41, 5.74) is 0.425. The fraction of sp³-hybridized carbons (Fsp3) is 0.692. The Labute approximate surface area is 107 Å². The molecule has 1 aliphatic carbocycles. The van der Waals surface area contributed by atoms with Gasteiger partial charge in [0.1, 0.15) is 6.26 Å². The van der Waals surface area contributed by atoms with Crippen LogP contribution in [0.2, 0.25) is 0 Å². The van der Waals surface area contributed by atoms with Crippen molar-refractivity contribution in [1.29, 1.82) is 0 Å². The van der Waals surface area contributed by atoms with Crippen LogP contribution in [0.5, 0.6) is 0 Å². The van der Waals surface area contributed by atoms with E-state index in [1.54, 1.807) is 6.07 Å². The largest absolute Gasteiger partial charge is 0.364 e. The molecular formula is C13H19N3O2. The predicted molar refractivity (Wildman–Crippen MR) is 66.2 cm³/mol. The van der Waals surface area contributed by atoms with E-state index >= 15 is 0 Å². The van der Waals surface area contributed by atoms with E-state index in [1.165, 1.54) is 25.5 Å². The van der Waals surface area contributed by atoms with Gasteiger partial charge in [0.15, 0.2) is 5.69 Å². The van der Waals surface area contributed by atoms with Gasteiger partial charge in [0, 0.05) is 25.2 Å². The van der Waals surface area contributed by atoms with Gasteiger partial charge in [-0.05, 0) is 38.1 Å². The normalized spacial score (nSPS) is 23.2. The lowest BCUT2D eigenvalue weighted by atomic mass is 10.2. The van der Waals surface area contributed by atoms with Crippen LogP contribution in [0.1, 0.15) is 36.2 Å². The molecule has 2 heterocycles. The minimum Gasteiger partial charge on any atom is -0.364 e. The van der Waals surface area contributed by atoms with Gasteiger partial charge < -0.3 is 14.7 Å². The van der Waals surface area contributed by atoms with Crippen LogP contribution in [-0.4, -0.2) is 41.6 Å². The molecule has 1 saturated carbocycles. The van der Waals surface area contributed by atoms with E-state index in [0.29, 0.717) is 17.7 Å². The number of carbonyl (C=O) groups is 1. The summed E-state index contributed by atoms with van der Waals surface area (Å²) in [6.45, 7) is 2.73. The molecule has 5 nitrogen and oxygen atoms in total. The molecule has 1 N–H and O–H groups in total. The Morgan fingerprint density at radius 3 is 2.94 bits per heavy atom. The first kappa shape index (κ1) is 11.7. The molecule has 0 bridgehead atoms. The first-order valence-corrected chi connectivity index (χ1v) is 6.76. The highest BCUT2D eigenvalue weighted by atomic mass is 16.5. The predicted octanol–water partition coefficient (Wildman–Crippen LogP) is 1.28. The van der Waals surface area contributed by atoms with Crippen molar-refractivity contribution in [3.8, 4) is 0 Å². The molecule has 18 heavy (non-hydrogen) atoms. The first-order chi connectivity index (χ1) is 8.83. The minimum absolute atomic E-state index is 0.00403. The van der Waals surface area contributed by atoms with Crippen LogP contribution in [0.15, 0.2) is 16.9 Å². The number of nitrogens with one attached hydrogen (secondary N) is 1. The molecule has 3 rings (SSSR count). The smallest absolute Gasteiger partial charge is 0.276 e. The third-order valence-corrected chi connectivity index (χ3v) is 3.72. The maximum atomic E-state index is 12.3. The van der Waals surface area contributed by atoms with Crippen LogP contribution in [0.25, 0.3) is 0 Å². The number of nitrogens with zero attached hydrogens (tertiary/aromatic N) is 2. The lowest BCUT2D eigenvalue weighted by Crippen LogP contribution is -2.42. The molecule has 98 valence electrons. The van der Waals surface area contributed by atoms with Crippen LogP contribution in [-0.2, 0) is 0 Å². The Morgan fingerprint density at radius 1 is 1.44 bits per heavy atom. The molecule has 1 atom stereocenters. The molecule has 1 aromatic heterocycles. The molecule has 1 aliphatic heterocycles. The standard InChI is InChI=1S/C13H19N3O2/c17-13(12-5-7-18-15-12)16(8-10-3-4-10)9-11-2-1-6-14-11/h5,7,10-11,14H,1-4,6,8-9H2. The van der Waals surface area contributed by atoms with Crippen LogP contribution < -0.4 is 5.32 Å². The highest BCUT2D eigenvalue weighted by molar-refractivity contribution is 5.92. The van der Waals surface area contributed by atoms with Crippen molar-refractivity contribution >= 4 is 5.91 Å². The highest BCUT2D eigenvalue weighted by Gasteiger charge is 2.30. The lowest BCUT2D eigenvalue weighted by Gasteiger charge is -2.25. The number of aromatic nitrogens is 1. The third-order valence-electron chi connectivity index (χ3n) is 3.72. The van der Waals surface area contributed by atoms with Crippen molar-refractivity contribution in [3.63, 3.8) is 0 Å². The van der Waals surface area contributed by atoms with Gasteiger partial charge in [-0.2, -0.15) is 0 Å². The number of amides is 1. The molecule has 0 spiro atoms. The highest BCUT2D eigenvalue weighted by Crippen LogP contribution is 2.30. The summed E-state index contributed by atoms with van der Waals surface area (Å²) in [5, 5.41) is 7.20. The van der Waals surface area contributed by atoms with Gasteiger partial charge in [0.05, 0.1) is 0 Å². The van der Waals surface area contributed by atoms with Crippen LogP contribution >= 0.6 is 0 Å². The Bertz CT molecular complexity index is 394. The number of hydrogen-bond donors (Lipinski definition) is 1. The molecule has 0 aromatic carbocycles. The summed E-state index contributed by atoms with van der Waals surface area (Å²) in [4.78, 5) is 14.3. The quantitative estimate of drug-likeness (QED) is 0.854. The number of hydrogen-bond acceptors (Lipinski definition) is 4. The van der Waals surface area contributed by atoms with Crippen molar-refractivity contribution in [3.05, 3.63) is 18.0 Å². The van der Waals surface area contributed by atoms with Crippen LogP contribution in [0.4, 0.5) is 0 Å². The summed E-state index contributed by atoms with van der Waals surface area (Å²) < 4.78 is 4.76. The molecule has 1 saturated heterocycles. The van der Waals surface area contributed by atoms with Gasteiger partial charge >= 0.3 is 0 Å². The van der Waals surface area contributed by atoms with E-state index in [4.69, 9.17) is 4.52 Å². The van der Waals surface area contributed by atoms with E-state index < -0.39 is 0 Å². The second-order valence-electron chi connectivity index (χ2n) is 5.33. The zero-order valence-corrected chi connectivity index (χ0v) is 10.5. The van der Waals surface area contributed by atoms with E-state index in [0.717, 1.165) is 26.1 Å². The Kier molecular flexibility index (Phi) is 3.32. The first-order valence-electron chi connectivity index (χ1n) is 6.76. The van der Waals surface area contributed by atoms with E-state index in [2.05, 4.69) is 10.5 Å². The molecule has 0 radical (unpaired) electrons. The molecule has 1 aromatic rings. The van der Waals surface area contributed by atoms with Gasteiger partial charge in [-0.3, -0.25) is 4.79 Å². The van der Waals surface area contributed by atoms with Crippen molar-refractivity contribution < 1.29 is 9.32 Å². The minimum atomic E-state index is 0.00403. The average Bonchev–Trinajstić information content (AvgIpc) is 2.88. The zero-order chi connectivity index (χ0) is 12.4. The summed E-state index contributed by atoms with van der Waals surface area (Å²) in [6.07, 6.45) is 6.32. The summed E-state index contributed by atoms with van der Waals surface area (Å²) >= 11 is 0. The zero-order valence-electron chi connectivity index (χ0n) is 10.5. The average molecular weight is 249 g/mol. The summed E-state index contributed by atoms with van der Waals surface area (Å²) in [7, 11) is 0. The SMILES string of the molecule is O=C(c1ccon1)N(CC1CC1)CC1CCCN1. The topological polar surface area (TPSA) is 58.4 Å². The molecule has 1 unspecified atom stereocenters. The second kappa shape index (κ2) is 5.10. The molecule has 2 aliphatic rings. The maximum absolute atomic E-state index is 12.3. The second-order valence-corrected chi connectivity index (χ2v) is 5.33. The Morgan fingerprint density at radius 2 is 2.33 bits per heavy atom. The molecular weight excluding hydrogens is 230 g/mol. The fourth-order valence-electron chi connectivity index (χ4n) is 2.52. The summed E-state index contributed by atoms with van der Waals surface area (Å²) in [5.74, 6) is 0.701.